The van der Waals surface area contributed by atoms with Gasteiger partial charge in [-0.25, -0.2) is 22.5 Å². The van der Waals surface area contributed by atoms with Gasteiger partial charge >= 0.3 is 5.69 Å². The number of H-pyrrole nitrogens is 1. The van der Waals surface area contributed by atoms with Gasteiger partial charge in [0.25, 0.3) is 21.8 Å². The van der Waals surface area contributed by atoms with Crippen molar-refractivity contribution >= 4 is 44.2 Å². The number of hydrogen-bond acceptors (Lipinski definition) is 14. The summed E-state index contributed by atoms with van der Waals surface area (Å²) in [4.78, 5) is 41.2. The van der Waals surface area contributed by atoms with Crippen LogP contribution in [0.5, 0.6) is 17.4 Å². The summed E-state index contributed by atoms with van der Waals surface area (Å²) in [6, 6.07) is 16.5. The van der Waals surface area contributed by atoms with Gasteiger partial charge in [0, 0.05) is 62.3 Å². The van der Waals surface area contributed by atoms with E-state index in [-0.39, 0.29) is 63.8 Å². The van der Waals surface area contributed by atoms with Crippen molar-refractivity contribution in [1.29, 1.82) is 0 Å². The molecule has 2 aliphatic carbocycles. The first kappa shape index (κ1) is 48.1. The number of amides is 1. The number of fused-ring (bicyclic) bond motifs is 1. The number of aromatic amines is 1. The summed E-state index contributed by atoms with van der Waals surface area (Å²) >= 11 is 0. The lowest BCUT2D eigenvalue weighted by Gasteiger charge is -2.57. The van der Waals surface area contributed by atoms with Crippen LogP contribution in [0.2, 0.25) is 0 Å². The van der Waals surface area contributed by atoms with Gasteiger partial charge in [-0.3, -0.25) is 19.8 Å². The zero-order valence-corrected chi connectivity index (χ0v) is 40.3. The second-order valence-corrected chi connectivity index (χ2v) is 21.4. The first-order valence-corrected chi connectivity index (χ1v) is 25.5. The summed E-state index contributed by atoms with van der Waals surface area (Å²) in [5, 5.41) is 25.6. The number of sulfonamides is 1. The molecule has 2 saturated carbocycles. The zero-order chi connectivity index (χ0) is 48.7. The molecular formula is C50H61FN8O9S. The number of hydrogen-bond donors (Lipinski definition) is 4. The molecule has 4 N–H and O–H groups in total. The fourth-order valence-corrected chi connectivity index (χ4v) is 11.6. The number of halogens is 1. The second-order valence-electron chi connectivity index (χ2n) is 19.8. The number of nitrogens with one attached hydrogen (secondary N) is 3. The fraction of sp³-hybridized carbons (Fsp3) is 0.500. The van der Waals surface area contributed by atoms with Crippen molar-refractivity contribution in [1.82, 2.24) is 24.6 Å². The Kier molecular flexibility index (Phi) is 13.6. The average molecular weight is 969 g/mol. The maximum atomic E-state index is 14.9. The topological polar surface area (TPSA) is 214 Å². The van der Waals surface area contributed by atoms with Crippen molar-refractivity contribution in [2.75, 3.05) is 56.2 Å². The SMILES string of the molecule is CCOc1nc2[nH]cc(F)c2cc1Oc1cc(N2CCC3(CC2)CC(N2CCOC[C@H]2c2ccccc2C(C)C)C3)ccc1C(=O)NS(=O)(=O)c1cnc(NCC2CCC(C)(O)CC2)c([N+](=O)[O-])c1. The lowest BCUT2D eigenvalue weighted by molar-refractivity contribution is -0.384. The third-order valence-electron chi connectivity index (χ3n) is 14.7. The van der Waals surface area contributed by atoms with Gasteiger partial charge in [0.15, 0.2) is 5.75 Å². The van der Waals surface area contributed by atoms with Gasteiger partial charge in [0.2, 0.25) is 5.82 Å². The van der Waals surface area contributed by atoms with Crippen LogP contribution in [0.4, 0.5) is 21.6 Å². The van der Waals surface area contributed by atoms with Gasteiger partial charge in [-0.1, -0.05) is 38.1 Å². The molecule has 9 rings (SSSR count). The van der Waals surface area contributed by atoms with E-state index >= 15 is 0 Å². The van der Waals surface area contributed by atoms with E-state index in [1.165, 1.54) is 23.3 Å². The highest BCUT2D eigenvalue weighted by Crippen LogP contribution is 2.53. The van der Waals surface area contributed by atoms with Crippen molar-refractivity contribution in [3.63, 3.8) is 0 Å². The largest absolute Gasteiger partial charge is 0.475 e. The molecule has 5 aromatic rings. The number of aliphatic hydroxyl groups is 1. The summed E-state index contributed by atoms with van der Waals surface area (Å²) in [5.74, 6) is -1.26. The molecule has 2 saturated heterocycles. The molecule has 368 valence electrons. The average Bonchev–Trinajstić information content (AvgIpc) is 3.68. The number of carbonyl (C=O) groups is 1. The van der Waals surface area contributed by atoms with Crippen LogP contribution >= 0.6 is 0 Å². The van der Waals surface area contributed by atoms with Crippen LogP contribution in [0.1, 0.15) is 113 Å². The third-order valence-corrected chi connectivity index (χ3v) is 16.0. The van der Waals surface area contributed by atoms with Crippen molar-refractivity contribution in [3.05, 3.63) is 99.6 Å². The molecule has 0 radical (unpaired) electrons. The lowest BCUT2D eigenvalue weighted by Crippen LogP contribution is -2.58. The molecule has 0 unspecified atom stereocenters. The summed E-state index contributed by atoms with van der Waals surface area (Å²) in [7, 11) is -4.73. The number of piperidine rings is 1. The van der Waals surface area contributed by atoms with E-state index in [9.17, 15) is 32.8 Å². The smallest absolute Gasteiger partial charge is 0.312 e. The monoisotopic (exact) mass is 968 g/mol. The van der Waals surface area contributed by atoms with Crippen LogP contribution in [-0.4, -0.2) is 102 Å². The summed E-state index contributed by atoms with van der Waals surface area (Å²) in [6.07, 6.45) is 8.83. The number of nitrogens with zero attached hydrogens (tertiary/aromatic N) is 5. The predicted molar refractivity (Wildman–Crippen MR) is 258 cm³/mol. The van der Waals surface area contributed by atoms with Crippen LogP contribution in [0.3, 0.4) is 0 Å². The van der Waals surface area contributed by atoms with Crippen molar-refractivity contribution < 1.29 is 41.8 Å². The fourth-order valence-electron chi connectivity index (χ4n) is 10.7. The quantitative estimate of drug-likeness (QED) is 0.0571. The van der Waals surface area contributed by atoms with E-state index in [0.717, 1.165) is 76.1 Å². The van der Waals surface area contributed by atoms with Crippen LogP contribution in [0, 0.1) is 27.3 Å². The number of morpholine rings is 1. The van der Waals surface area contributed by atoms with Crippen LogP contribution in [0.15, 0.2) is 71.9 Å². The minimum atomic E-state index is -4.73. The molecule has 19 heteroatoms. The lowest BCUT2D eigenvalue weighted by atomic mass is 9.59. The number of ether oxygens (including phenoxy) is 3. The highest BCUT2D eigenvalue weighted by Gasteiger charge is 2.50. The Bertz CT molecular complexity index is 2810. The van der Waals surface area contributed by atoms with Gasteiger partial charge in [0.05, 0.1) is 53.5 Å². The Balaban J connectivity index is 0.937. The Labute approximate surface area is 401 Å². The van der Waals surface area contributed by atoms with Gasteiger partial charge < -0.3 is 34.5 Å². The highest BCUT2D eigenvalue weighted by molar-refractivity contribution is 7.90. The van der Waals surface area contributed by atoms with Gasteiger partial charge in [-0.15, -0.1) is 0 Å². The van der Waals surface area contributed by atoms with E-state index in [1.807, 2.05) is 0 Å². The second kappa shape index (κ2) is 19.5. The number of benzene rings is 2. The first-order chi connectivity index (χ1) is 33.0. The van der Waals surface area contributed by atoms with E-state index in [0.29, 0.717) is 50.8 Å². The van der Waals surface area contributed by atoms with Crippen molar-refractivity contribution in [2.45, 2.75) is 108 Å². The molecule has 69 heavy (non-hydrogen) atoms. The van der Waals surface area contributed by atoms with E-state index in [4.69, 9.17) is 14.2 Å². The van der Waals surface area contributed by atoms with Gasteiger partial charge in [-0.05, 0) is 106 Å². The number of aromatic nitrogens is 3. The molecule has 4 aliphatic rings. The summed E-state index contributed by atoms with van der Waals surface area (Å²) in [5.41, 5.74) is 2.35. The number of nitro groups is 1. The highest BCUT2D eigenvalue weighted by atomic mass is 32.2. The zero-order valence-electron chi connectivity index (χ0n) is 39.5. The molecule has 3 aromatic heterocycles. The normalized spacial score (nSPS) is 22.1. The predicted octanol–water partition coefficient (Wildman–Crippen LogP) is 8.61. The number of carbonyl (C=O) groups excluding carboxylic acids is 1. The van der Waals surface area contributed by atoms with Gasteiger partial charge in [-0.2, -0.15) is 4.98 Å². The minimum absolute atomic E-state index is 0.00559. The number of rotatable bonds is 15. The number of anilines is 2. The minimum Gasteiger partial charge on any atom is -0.475 e. The Hall–Kier alpha value is -5.89. The third kappa shape index (κ3) is 10.2. The molecule has 1 spiro atoms. The summed E-state index contributed by atoms with van der Waals surface area (Å²) in [6.45, 7) is 12.3. The Morgan fingerprint density at radius 1 is 1.07 bits per heavy atom. The van der Waals surface area contributed by atoms with E-state index in [1.54, 1.807) is 26.0 Å². The Morgan fingerprint density at radius 3 is 2.55 bits per heavy atom. The molecule has 2 aliphatic heterocycles. The van der Waals surface area contributed by atoms with E-state index < -0.39 is 42.9 Å². The van der Waals surface area contributed by atoms with Crippen LogP contribution < -0.4 is 24.4 Å². The standard InChI is InChI=1S/C50H61FN8O9S/c1-5-67-48-44(24-39-40(51)29-54-45(39)55-48)68-43-22-33(57-18-16-50(17-19-57)25-34(26-50)58-20-21-66-30-42(58)37-9-7-6-8-36(37)31(2)3)10-11-38(43)47(60)56-69(64,65)35-23-41(59(62)63)46(53-28-35)52-27-32-12-14-49(4,61)15-13-32/h6-11,22-24,28-29,31-32,34,42,61H,5,12-21,25-27,30H2,1-4H3,(H,52,53)(H,54,55)(H,56,60)/t32?,42-,49?/m0/s1. The maximum absolute atomic E-state index is 14.9. The first-order valence-electron chi connectivity index (χ1n) is 24.0. The molecule has 0 bridgehead atoms. The molecular weight excluding hydrogens is 908 g/mol. The van der Waals surface area contributed by atoms with Crippen LogP contribution in [0.25, 0.3) is 11.0 Å². The van der Waals surface area contributed by atoms with Crippen molar-refractivity contribution in [2.24, 2.45) is 11.3 Å². The molecule has 4 fully saturated rings. The molecule has 2 aromatic carbocycles. The molecule has 17 nitrogen and oxygen atoms in total. The van der Waals surface area contributed by atoms with Crippen LogP contribution in [-0.2, 0) is 14.8 Å². The van der Waals surface area contributed by atoms with Gasteiger partial charge in [0.1, 0.15) is 22.1 Å². The Morgan fingerprint density at radius 2 is 1.83 bits per heavy atom. The molecule has 5 heterocycles. The number of pyridine rings is 2. The maximum Gasteiger partial charge on any atom is 0.312 e. The summed E-state index contributed by atoms with van der Waals surface area (Å²) < 4.78 is 62.8. The van der Waals surface area contributed by atoms with Crippen molar-refractivity contribution in [3.8, 4) is 17.4 Å². The van der Waals surface area contributed by atoms with E-state index in [2.05, 4.69) is 72.9 Å². The molecule has 1 atom stereocenters. The molecule has 1 amide bonds.